The second-order valence-corrected chi connectivity index (χ2v) is 7.42. The highest BCUT2D eigenvalue weighted by atomic mass is 16.4. The number of likely N-dealkylation sites (tertiary alicyclic amines) is 2. The van der Waals surface area contributed by atoms with E-state index >= 15 is 0 Å². The van der Waals surface area contributed by atoms with E-state index in [-0.39, 0.29) is 12.3 Å². The summed E-state index contributed by atoms with van der Waals surface area (Å²) in [6.07, 6.45) is 3.36. The number of carboxylic acid groups (broad SMARTS) is 1. The van der Waals surface area contributed by atoms with Crippen LogP contribution in [-0.4, -0.2) is 67.5 Å². The smallest absolute Gasteiger partial charge is 0.309 e. The molecular formula is C19H23N5O3. The predicted octanol–water partition coefficient (Wildman–Crippen LogP) is 1.16. The topological polar surface area (TPSA) is 91.6 Å². The Hall–Kier alpha value is -2.74. The monoisotopic (exact) mass is 369 g/mol. The van der Waals surface area contributed by atoms with Crippen LogP contribution < -0.4 is 0 Å². The SMILES string of the molecule is CN1C(=O)CC(C(=O)O)C12CCN(Cc1cn(-c3ccccc3)nn1)CC2. The third-order valence-electron chi connectivity index (χ3n) is 6.04. The number of aromatic nitrogens is 3. The van der Waals surface area contributed by atoms with Crippen molar-refractivity contribution in [2.45, 2.75) is 31.3 Å². The van der Waals surface area contributed by atoms with Gasteiger partial charge in [-0.05, 0) is 25.0 Å². The van der Waals surface area contributed by atoms with Gasteiger partial charge in [-0.2, -0.15) is 0 Å². The van der Waals surface area contributed by atoms with E-state index < -0.39 is 17.4 Å². The molecule has 142 valence electrons. The van der Waals surface area contributed by atoms with Crippen molar-refractivity contribution < 1.29 is 14.7 Å². The van der Waals surface area contributed by atoms with Crippen molar-refractivity contribution in [2.75, 3.05) is 20.1 Å². The summed E-state index contributed by atoms with van der Waals surface area (Å²) in [6.45, 7) is 2.14. The standard InChI is InChI=1S/C19H23N5O3/c1-22-17(25)11-16(18(26)27)19(22)7-9-23(10-8-19)12-14-13-24(21-20-14)15-5-3-2-4-6-15/h2-6,13,16H,7-12H2,1H3,(H,26,27). The number of aliphatic carboxylic acids is 1. The third-order valence-corrected chi connectivity index (χ3v) is 6.04. The molecule has 4 rings (SSSR count). The number of para-hydroxylation sites is 1. The zero-order valence-electron chi connectivity index (χ0n) is 15.3. The molecule has 1 aromatic heterocycles. The number of hydrogen-bond acceptors (Lipinski definition) is 5. The molecule has 1 spiro atoms. The van der Waals surface area contributed by atoms with E-state index in [0.29, 0.717) is 19.4 Å². The summed E-state index contributed by atoms with van der Waals surface area (Å²) in [5.74, 6) is -1.55. The Labute approximate surface area is 157 Å². The minimum Gasteiger partial charge on any atom is -0.481 e. The number of benzene rings is 1. The normalized spacial score (nSPS) is 22.5. The first-order chi connectivity index (χ1) is 13.0. The average molecular weight is 369 g/mol. The van der Waals surface area contributed by atoms with Crippen LogP contribution in [0.4, 0.5) is 0 Å². The van der Waals surface area contributed by atoms with Crippen molar-refractivity contribution in [2.24, 2.45) is 5.92 Å². The Morgan fingerprint density at radius 3 is 2.63 bits per heavy atom. The molecule has 1 N–H and O–H groups in total. The first kappa shape index (κ1) is 17.7. The second kappa shape index (κ2) is 6.77. The Morgan fingerprint density at radius 1 is 1.26 bits per heavy atom. The molecule has 0 bridgehead atoms. The van der Waals surface area contributed by atoms with E-state index in [1.165, 1.54) is 0 Å². The van der Waals surface area contributed by atoms with Gasteiger partial charge in [0.25, 0.3) is 0 Å². The zero-order valence-corrected chi connectivity index (χ0v) is 15.3. The number of carboxylic acids is 1. The number of nitrogens with zero attached hydrogens (tertiary/aromatic N) is 5. The van der Waals surface area contributed by atoms with E-state index in [1.54, 1.807) is 16.6 Å². The molecule has 0 aliphatic carbocycles. The summed E-state index contributed by atoms with van der Waals surface area (Å²) in [6, 6.07) is 9.82. The number of piperidine rings is 1. The lowest BCUT2D eigenvalue weighted by Crippen LogP contribution is -2.55. The van der Waals surface area contributed by atoms with Crippen LogP contribution in [0.25, 0.3) is 5.69 Å². The lowest BCUT2D eigenvalue weighted by atomic mass is 9.77. The van der Waals surface area contributed by atoms with Crippen LogP contribution in [0, 0.1) is 5.92 Å². The Morgan fingerprint density at radius 2 is 1.96 bits per heavy atom. The maximum atomic E-state index is 12.1. The number of rotatable bonds is 4. The van der Waals surface area contributed by atoms with E-state index in [9.17, 15) is 14.7 Å². The van der Waals surface area contributed by atoms with Crippen LogP contribution in [0.1, 0.15) is 25.0 Å². The van der Waals surface area contributed by atoms with E-state index in [0.717, 1.165) is 24.5 Å². The summed E-state index contributed by atoms with van der Waals surface area (Å²) in [7, 11) is 1.74. The molecule has 3 heterocycles. The van der Waals surface area contributed by atoms with Gasteiger partial charge < -0.3 is 10.0 Å². The molecule has 1 aromatic carbocycles. The molecule has 2 fully saturated rings. The van der Waals surface area contributed by atoms with Crippen LogP contribution in [0.3, 0.4) is 0 Å². The van der Waals surface area contributed by atoms with Gasteiger partial charge in [0.1, 0.15) is 0 Å². The van der Waals surface area contributed by atoms with E-state index in [1.807, 2.05) is 36.5 Å². The molecule has 8 heteroatoms. The van der Waals surface area contributed by atoms with Gasteiger partial charge in [-0.25, -0.2) is 4.68 Å². The third kappa shape index (κ3) is 3.10. The van der Waals surface area contributed by atoms with Crippen LogP contribution in [0.15, 0.2) is 36.5 Å². The van der Waals surface area contributed by atoms with Gasteiger partial charge in [-0.15, -0.1) is 5.10 Å². The first-order valence-corrected chi connectivity index (χ1v) is 9.18. The summed E-state index contributed by atoms with van der Waals surface area (Å²) in [5, 5.41) is 18.0. The predicted molar refractivity (Wildman–Crippen MR) is 97.1 cm³/mol. The summed E-state index contributed by atoms with van der Waals surface area (Å²) >= 11 is 0. The quantitative estimate of drug-likeness (QED) is 0.870. The van der Waals surface area contributed by atoms with Gasteiger partial charge in [0.2, 0.25) is 5.91 Å². The molecule has 2 aromatic rings. The van der Waals surface area contributed by atoms with Gasteiger partial charge in [-0.3, -0.25) is 14.5 Å². The molecule has 2 saturated heterocycles. The molecule has 2 aliphatic rings. The molecular weight excluding hydrogens is 346 g/mol. The van der Waals surface area contributed by atoms with Crippen molar-refractivity contribution in [1.82, 2.24) is 24.8 Å². The highest BCUT2D eigenvalue weighted by Crippen LogP contribution is 2.42. The zero-order chi connectivity index (χ0) is 19.0. The fourth-order valence-corrected chi connectivity index (χ4v) is 4.39. The van der Waals surface area contributed by atoms with Crippen molar-refractivity contribution in [1.29, 1.82) is 0 Å². The van der Waals surface area contributed by atoms with Gasteiger partial charge in [0, 0.05) is 33.1 Å². The number of hydrogen-bond donors (Lipinski definition) is 1. The van der Waals surface area contributed by atoms with Crippen molar-refractivity contribution in [3.05, 3.63) is 42.2 Å². The molecule has 1 atom stereocenters. The van der Waals surface area contributed by atoms with E-state index in [4.69, 9.17) is 0 Å². The van der Waals surface area contributed by atoms with Gasteiger partial charge in [-0.1, -0.05) is 23.4 Å². The molecule has 1 amide bonds. The molecule has 27 heavy (non-hydrogen) atoms. The van der Waals surface area contributed by atoms with Gasteiger partial charge in [0.15, 0.2) is 0 Å². The minimum absolute atomic E-state index is 0.0679. The highest BCUT2D eigenvalue weighted by molar-refractivity contribution is 5.88. The van der Waals surface area contributed by atoms with Gasteiger partial charge >= 0.3 is 5.97 Å². The first-order valence-electron chi connectivity index (χ1n) is 9.18. The molecule has 0 radical (unpaired) electrons. The Bertz CT molecular complexity index is 842. The molecule has 1 unspecified atom stereocenters. The summed E-state index contributed by atoms with van der Waals surface area (Å²) < 4.78 is 1.75. The molecule has 2 aliphatic heterocycles. The molecule has 8 nitrogen and oxygen atoms in total. The fraction of sp³-hybridized carbons (Fsp3) is 0.474. The van der Waals surface area contributed by atoms with E-state index in [2.05, 4.69) is 15.2 Å². The largest absolute Gasteiger partial charge is 0.481 e. The van der Waals surface area contributed by atoms with Crippen molar-refractivity contribution in [3.63, 3.8) is 0 Å². The van der Waals surface area contributed by atoms with Crippen LogP contribution in [0.2, 0.25) is 0 Å². The average Bonchev–Trinajstić information content (AvgIpc) is 3.23. The minimum atomic E-state index is -0.869. The maximum Gasteiger partial charge on any atom is 0.309 e. The van der Waals surface area contributed by atoms with Gasteiger partial charge in [0.05, 0.1) is 29.0 Å². The highest BCUT2D eigenvalue weighted by Gasteiger charge is 2.55. The van der Waals surface area contributed by atoms with Crippen molar-refractivity contribution >= 4 is 11.9 Å². The summed E-state index contributed by atoms with van der Waals surface area (Å²) in [4.78, 5) is 27.7. The van der Waals surface area contributed by atoms with Crippen LogP contribution >= 0.6 is 0 Å². The molecule has 0 saturated carbocycles. The van der Waals surface area contributed by atoms with Crippen LogP contribution in [-0.2, 0) is 16.1 Å². The second-order valence-electron chi connectivity index (χ2n) is 7.42. The number of amides is 1. The van der Waals surface area contributed by atoms with Crippen LogP contribution in [0.5, 0.6) is 0 Å². The lowest BCUT2D eigenvalue weighted by molar-refractivity contribution is -0.146. The number of carbonyl (C=O) groups is 2. The summed E-state index contributed by atoms with van der Waals surface area (Å²) in [5.41, 5.74) is 1.28. The Kier molecular flexibility index (Phi) is 4.43. The maximum absolute atomic E-state index is 12.1. The fourth-order valence-electron chi connectivity index (χ4n) is 4.39. The lowest BCUT2D eigenvalue weighted by Gasteiger charge is -2.45. The van der Waals surface area contributed by atoms with Crippen molar-refractivity contribution in [3.8, 4) is 5.69 Å². The Balaban J connectivity index is 1.42. The number of carbonyl (C=O) groups excluding carboxylic acids is 1.